The van der Waals surface area contributed by atoms with Crippen molar-refractivity contribution in [3.05, 3.63) is 29.3 Å². The molecule has 1 aliphatic rings. The summed E-state index contributed by atoms with van der Waals surface area (Å²) in [5, 5.41) is 28.0. The Morgan fingerprint density at radius 3 is 2.82 bits per heavy atom. The van der Waals surface area contributed by atoms with E-state index in [9.17, 15) is 9.90 Å². The van der Waals surface area contributed by atoms with Crippen LogP contribution >= 0.6 is 11.8 Å². The van der Waals surface area contributed by atoms with Crippen molar-refractivity contribution in [1.82, 2.24) is 0 Å². The van der Waals surface area contributed by atoms with Gasteiger partial charge < -0.3 is 15.3 Å². The van der Waals surface area contributed by atoms with Crippen molar-refractivity contribution in [3.63, 3.8) is 0 Å². The molecule has 2 rings (SSSR count). The van der Waals surface area contributed by atoms with Crippen LogP contribution in [0.4, 0.5) is 0 Å². The van der Waals surface area contributed by atoms with Crippen molar-refractivity contribution in [2.24, 2.45) is 4.99 Å². The summed E-state index contributed by atoms with van der Waals surface area (Å²) < 4.78 is 0. The second kappa shape index (κ2) is 4.77. The van der Waals surface area contributed by atoms with E-state index in [2.05, 4.69) is 4.99 Å². The highest BCUT2D eigenvalue weighted by atomic mass is 32.2. The molecule has 0 aliphatic carbocycles. The first-order valence-electron chi connectivity index (χ1n) is 4.98. The van der Waals surface area contributed by atoms with Crippen LogP contribution in [0.2, 0.25) is 0 Å². The Morgan fingerprint density at radius 1 is 1.53 bits per heavy atom. The van der Waals surface area contributed by atoms with Crippen molar-refractivity contribution in [2.75, 3.05) is 5.75 Å². The number of rotatable bonds is 3. The van der Waals surface area contributed by atoms with Crippen LogP contribution in [-0.4, -0.2) is 38.1 Å². The molecule has 0 fully saturated rings. The lowest BCUT2D eigenvalue weighted by atomic mass is 10.1. The van der Waals surface area contributed by atoms with Crippen molar-refractivity contribution < 1.29 is 20.1 Å². The third-order valence-electron chi connectivity index (χ3n) is 2.41. The van der Waals surface area contributed by atoms with E-state index < -0.39 is 12.0 Å². The Morgan fingerprint density at radius 2 is 2.29 bits per heavy atom. The maximum atomic E-state index is 10.7. The summed E-state index contributed by atoms with van der Waals surface area (Å²) >= 11 is 1.31. The van der Waals surface area contributed by atoms with Crippen molar-refractivity contribution in [2.45, 2.75) is 12.6 Å². The molecular formula is C11H11NO4S. The predicted molar refractivity (Wildman–Crippen MR) is 64.4 cm³/mol. The number of carboxylic acids is 1. The predicted octanol–water partition coefficient (Wildman–Crippen LogP) is 0.831. The average Bonchev–Trinajstić information content (AvgIpc) is 2.78. The highest BCUT2D eigenvalue weighted by Crippen LogP contribution is 2.29. The SMILES string of the molecule is O=C(O)C1CSC(c2ccc(CO)cc2O)=N1. The third kappa shape index (κ3) is 2.42. The van der Waals surface area contributed by atoms with Crippen LogP contribution in [0.5, 0.6) is 5.75 Å². The molecule has 1 aromatic carbocycles. The maximum absolute atomic E-state index is 10.7. The Kier molecular flexibility index (Phi) is 3.35. The minimum Gasteiger partial charge on any atom is -0.507 e. The Labute approximate surface area is 102 Å². The number of aliphatic hydroxyl groups is 1. The second-order valence-electron chi connectivity index (χ2n) is 3.61. The lowest BCUT2D eigenvalue weighted by Crippen LogP contribution is -2.17. The number of phenolic OH excluding ortho intramolecular Hbond substituents is 1. The molecule has 6 heteroatoms. The molecule has 0 bridgehead atoms. The molecular weight excluding hydrogens is 242 g/mol. The number of benzene rings is 1. The molecule has 1 aromatic rings. The summed E-state index contributed by atoms with van der Waals surface area (Å²) in [6.07, 6.45) is 0. The van der Waals surface area contributed by atoms with Gasteiger partial charge in [-0.1, -0.05) is 6.07 Å². The fraction of sp³-hybridized carbons (Fsp3) is 0.273. The van der Waals surface area contributed by atoms with Gasteiger partial charge in [0.25, 0.3) is 0 Å². The number of aliphatic imine (C=N–C) groups is 1. The summed E-state index contributed by atoms with van der Waals surface area (Å²) in [5.41, 5.74) is 1.11. The van der Waals surface area contributed by atoms with Crippen LogP contribution in [0.3, 0.4) is 0 Å². The lowest BCUT2D eigenvalue weighted by Gasteiger charge is -2.04. The van der Waals surface area contributed by atoms with E-state index in [0.29, 0.717) is 21.9 Å². The first-order valence-corrected chi connectivity index (χ1v) is 5.97. The number of thioether (sulfide) groups is 1. The van der Waals surface area contributed by atoms with Crippen LogP contribution in [-0.2, 0) is 11.4 Å². The summed E-state index contributed by atoms with van der Waals surface area (Å²) in [4.78, 5) is 14.8. The van der Waals surface area contributed by atoms with E-state index >= 15 is 0 Å². The molecule has 90 valence electrons. The van der Waals surface area contributed by atoms with Gasteiger partial charge in [-0.2, -0.15) is 0 Å². The molecule has 0 radical (unpaired) electrons. The topological polar surface area (TPSA) is 90.1 Å². The van der Waals surface area contributed by atoms with Gasteiger partial charge in [0.1, 0.15) is 10.8 Å². The van der Waals surface area contributed by atoms with E-state index in [1.54, 1.807) is 12.1 Å². The van der Waals surface area contributed by atoms with Gasteiger partial charge in [-0.15, -0.1) is 11.8 Å². The lowest BCUT2D eigenvalue weighted by molar-refractivity contribution is -0.137. The van der Waals surface area contributed by atoms with Gasteiger partial charge >= 0.3 is 5.97 Å². The molecule has 0 amide bonds. The first kappa shape index (κ1) is 11.9. The number of aromatic hydroxyl groups is 1. The average molecular weight is 253 g/mol. The Bertz CT molecular complexity index is 486. The number of aliphatic hydroxyl groups excluding tert-OH is 1. The normalized spacial score (nSPS) is 19.1. The summed E-state index contributed by atoms with van der Waals surface area (Å²) in [6.45, 7) is -0.148. The molecule has 17 heavy (non-hydrogen) atoms. The van der Waals surface area contributed by atoms with E-state index in [-0.39, 0.29) is 12.4 Å². The molecule has 3 N–H and O–H groups in total. The van der Waals surface area contributed by atoms with Crippen molar-refractivity contribution >= 4 is 22.8 Å². The highest BCUT2D eigenvalue weighted by Gasteiger charge is 2.26. The molecule has 0 saturated heterocycles. The standard InChI is InChI=1S/C11H11NO4S/c13-4-6-1-2-7(9(14)3-6)10-12-8(5-17-10)11(15)16/h1-3,8,13-14H,4-5H2,(H,15,16). The zero-order valence-corrected chi connectivity index (χ0v) is 9.65. The molecule has 1 aliphatic heterocycles. The smallest absolute Gasteiger partial charge is 0.329 e. The zero-order valence-electron chi connectivity index (χ0n) is 8.83. The number of nitrogens with zero attached hydrogens (tertiary/aromatic N) is 1. The Balaban J connectivity index is 2.30. The minimum absolute atomic E-state index is 0.00818. The van der Waals surface area contributed by atoms with Crippen LogP contribution in [0.15, 0.2) is 23.2 Å². The molecule has 5 nitrogen and oxygen atoms in total. The fourth-order valence-corrected chi connectivity index (χ4v) is 2.57. The van der Waals surface area contributed by atoms with Gasteiger partial charge in [0.2, 0.25) is 0 Å². The molecule has 1 atom stereocenters. The second-order valence-corrected chi connectivity index (χ2v) is 4.62. The first-order chi connectivity index (χ1) is 8.11. The van der Waals surface area contributed by atoms with Gasteiger partial charge in [0.15, 0.2) is 6.04 Å². The van der Waals surface area contributed by atoms with Gasteiger partial charge in [0.05, 0.1) is 6.61 Å². The number of carboxylic acid groups (broad SMARTS) is 1. The number of hydrogen-bond acceptors (Lipinski definition) is 5. The highest BCUT2D eigenvalue weighted by molar-refractivity contribution is 8.14. The number of phenols is 1. The quantitative estimate of drug-likeness (QED) is 0.742. The Hall–Kier alpha value is -1.53. The summed E-state index contributed by atoms with van der Waals surface area (Å²) in [7, 11) is 0. The monoisotopic (exact) mass is 253 g/mol. The molecule has 0 spiro atoms. The van der Waals surface area contributed by atoms with E-state index in [4.69, 9.17) is 10.2 Å². The van der Waals surface area contributed by atoms with E-state index in [0.717, 1.165) is 0 Å². The summed E-state index contributed by atoms with van der Waals surface area (Å²) in [6, 6.07) is 4.02. The van der Waals surface area contributed by atoms with E-state index in [1.807, 2.05) is 0 Å². The number of hydrogen-bond donors (Lipinski definition) is 3. The molecule has 0 saturated carbocycles. The van der Waals surface area contributed by atoms with Gasteiger partial charge in [-0.05, 0) is 17.7 Å². The van der Waals surface area contributed by atoms with Crippen molar-refractivity contribution in [3.8, 4) is 5.75 Å². The molecule has 1 unspecified atom stereocenters. The largest absolute Gasteiger partial charge is 0.507 e. The minimum atomic E-state index is -0.959. The maximum Gasteiger partial charge on any atom is 0.329 e. The van der Waals surface area contributed by atoms with Crippen molar-refractivity contribution in [1.29, 1.82) is 0 Å². The third-order valence-corrected chi connectivity index (χ3v) is 3.49. The van der Waals surface area contributed by atoms with Crippen LogP contribution in [0.1, 0.15) is 11.1 Å². The molecule has 1 heterocycles. The van der Waals surface area contributed by atoms with Gasteiger partial charge in [0, 0.05) is 11.3 Å². The van der Waals surface area contributed by atoms with Crippen LogP contribution in [0, 0.1) is 0 Å². The number of aliphatic carboxylic acids is 1. The zero-order chi connectivity index (χ0) is 12.4. The van der Waals surface area contributed by atoms with Crippen LogP contribution in [0.25, 0.3) is 0 Å². The molecule has 0 aromatic heterocycles. The van der Waals surface area contributed by atoms with E-state index in [1.165, 1.54) is 17.8 Å². The van der Waals surface area contributed by atoms with Gasteiger partial charge in [-0.3, -0.25) is 4.99 Å². The summed E-state index contributed by atoms with van der Waals surface area (Å²) in [5.74, 6) is -0.570. The number of carbonyl (C=O) groups is 1. The van der Waals surface area contributed by atoms with Gasteiger partial charge in [-0.25, -0.2) is 4.79 Å². The van der Waals surface area contributed by atoms with Crippen LogP contribution < -0.4 is 0 Å². The fourth-order valence-electron chi connectivity index (χ4n) is 1.50.